The van der Waals surface area contributed by atoms with Gasteiger partial charge in [-0.15, -0.1) is 22.7 Å². The van der Waals surface area contributed by atoms with E-state index in [9.17, 15) is 14.4 Å². The van der Waals surface area contributed by atoms with E-state index in [1.807, 2.05) is 47.2 Å². The number of methoxy groups -OCH3 is 1. The molecule has 0 fully saturated rings. The minimum atomic E-state index is -0.987. The van der Waals surface area contributed by atoms with Crippen LogP contribution in [0.15, 0.2) is 58.3 Å². The van der Waals surface area contributed by atoms with Crippen LogP contribution in [-0.4, -0.2) is 41.2 Å². The summed E-state index contributed by atoms with van der Waals surface area (Å²) in [7, 11) is 1.60. The van der Waals surface area contributed by atoms with E-state index in [0.29, 0.717) is 23.2 Å². The molecule has 1 N–H and O–H groups in total. The van der Waals surface area contributed by atoms with Gasteiger partial charge in [0.1, 0.15) is 17.1 Å². The topological polar surface area (TPSA) is 99.5 Å². The summed E-state index contributed by atoms with van der Waals surface area (Å²) in [6, 6.07) is 11.4. The molecule has 0 bridgehead atoms. The number of benzene rings is 1. The van der Waals surface area contributed by atoms with Gasteiger partial charge in [0.05, 0.1) is 18.8 Å². The molecule has 1 atom stereocenters. The largest absolute Gasteiger partial charge is 0.497 e. The summed E-state index contributed by atoms with van der Waals surface area (Å²) in [5.74, 6) is -0.321. The van der Waals surface area contributed by atoms with Gasteiger partial charge in [0.2, 0.25) is 0 Å². The number of rotatable bonds is 9. The first-order chi connectivity index (χ1) is 16.5. The normalized spacial score (nSPS) is 11.8. The highest BCUT2D eigenvalue weighted by Crippen LogP contribution is 2.33. The molecule has 4 rings (SSSR count). The Labute approximate surface area is 203 Å². The average molecular weight is 498 g/mol. The first-order valence-electron chi connectivity index (χ1n) is 10.6. The standard InChI is InChI=1S/C24H23N3O5S2/c1-15(22(29)25-10-9-16-5-7-17(31-2)8-6-16)32-20(28)12-27-14-26-23-21(24(27)30)18(13-34-23)19-4-3-11-33-19/h3-8,11,13-15H,9-10,12H2,1-2H3,(H,25,29). The number of ether oxygens (including phenoxy) is 2. The molecule has 0 spiro atoms. The van der Waals surface area contributed by atoms with E-state index in [4.69, 9.17) is 9.47 Å². The van der Waals surface area contributed by atoms with Gasteiger partial charge in [0.25, 0.3) is 11.5 Å². The Hall–Kier alpha value is -3.50. The van der Waals surface area contributed by atoms with Gasteiger partial charge in [-0.2, -0.15) is 0 Å². The van der Waals surface area contributed by atoms with Crippen molar-refractivity contribution < 1.29 is 19.1 Å². The highest BCUT2D eigenvalue weighted by Gasteiger charge is 2.20. The van der Waals surface area contributed by atoms with Gasteiger partial charge < -0.3 is 14.8 Å². The summed E-state index contributed by atoms with van der Waals surface area (Å²) in [6.07, 6.45) is 0.976. The van der Waals surface area contributed by atoms with E-state index < -0.39 is 18.0 Å². The van der Waals surface area contributed by atoms with Crippen molar-refractivity contribution in [2.45, 2.75) is 26.0 Å². The number of amides is 1. The molecule has 0 aliphatic heterocycles. The molecule has 0 saturated heterocycles. The minimum Gasteiger partial charge on any atom is -0.497 e. The van der Waals surface area contributed by atoms with Gasteiger partial charge in [-0.25, -0.2) is 4.98 Å². The van der Waals surface area contributed by atoms with Crippen molar-refractivity contribution in [1.29, 1.82) is 0 Å². The molecule has 10 heteroatoms. The Morgan fingerprint density at radius 2 is 1.97 bits per heavy atom. The van der Waals surface area contributed by atoms with E-state index in [-0.39, 0.29) is 12.1 Å². The molecule has 1 unspecified atom stereocenters. The van der Waals surface area contributed by atoms with Crippen LogP contribution in [0, 0.1) is 0 Å². The molecule has 4 aromatic rings. The first kappa shape index (κ1) is 23.7. The van der Waals surface area contributed by atoms with Crippen LogP contribution in [0.2, 0.25) is 0 Å². The Bertz CT molecular complexity index is 1340. The molecule has 8 nitrogen and oxygen atoms in total. The zero-order valence-corrected chi connectivity index (χ0v) is 20.3. The van der Waals surface area contributed by atoms with Crippen LogP contribution >= 0.6 is 22.7 Å². The molecule has 0 aliphatic carbocycles. The molecule has 3 aromatic heterocycles. The number of fused-ring (bicyclic) bond motifs is 1. The molecule has 0 radical (unpaired) electrons. The number of aromatic nitrogens is 2. The van der Waals surface area contributed by atoms with E-state index >= 15 is 0 Å². The van der Waals surface area contributed by atoms with E-state index in [1.54, 1.807) is 7.11 Å². The summed E-state index contributed by atoms with van der Waals surface area (Å²) in [5.41, 5.74) is 1.53. The second-order valence-electron chi connectivity index (χ2n) is 7.51. The Kier molecular flexibility index (Phi) is 7.39. The van der Waals surface area contributed by atoms with Crippen LogP contribution in [0.25, 0.3) is 20.7 Å². The summed E-state index contributed by atoms with van der Waals surface area (Å²) in [4.78, 5) is 43.6. The van der Waals surface area contributed by atoms with E-state index in [2.05, 4.69) is 10.3 Å². The Morgan fingerprint density at radius 3 is 2.68 bits per heavy atom. The molecular formula is C24H23N3O5S2. The summed E-state index contributed by atoms with van der Waals surface area (Å²) in [5, 5.41) is 7.07. The zero-order chi connectivity index (χ0) is 24.1. The van der Waals surface area contributed by atoms with Crippen molar-refractivity contribution >= 4 is 44.8 Å². The number of hydrogen-bond donors (Lipinski definition) is 1. The van der Waals surface area contributed by atoms with Gasteiger partial charge >= 0.3 is 5.97 Å². The lowest BCUT2D eigenvalue weighted by Gasteiger charge is -2.14. The summed E-state index contributed by atoms with van der Waals surface area (Å²) >= 11 is 2.91. The lowest BCUT2D eigenvalue weighted by molar-refractivity contribution is -0.155. The number of nitrogens with one attached hydrogen (secondary N) is 1. The Morgan fingerprint density at radius 1 is 1.18 bits per heavy atom. The van der Waals surface area contributed by atoms with Gasteiger partial charge in [-0.3, -0.25) is 19.0 Å². The lowest BCUT2D eigenvalue weighted by Crippen LogP contribution is -2.38. The molecule has 0 saturated carbocycles. The summed E-state index contributed by atoms with van der Waals surface area (Å²) < 4.78 is 11.6. The first-order valence-corrected chi connectivity index (χ1v) is 12.3. The van der Waals surface area contributed by atoms with Crippen molar-refractivity contribution in [2.24, 2.45) is 0 Å². The number of hydrogen-bond acceptors (Lipinski definition) is 8. The van der Waals surface area contributed by atoms with Crippen molar-refractivity contribution in [1.82, 2.24) is 14.9 Å². The zero-order valence-electron chi connectivity index (χ0n) is 18.6. The SMILES string of the molecule is COc1ccc(CCNC(=O)C(C)OC(=O)Cn2cnc3scc(-c4cccs4)c3c2=O)cc1. The number of carbonyl (C=O) groups excluding carboxylic acids is 2. The monoisotopic (exact) mass is 497 g/mol. The van der Waals surface area contributed by atoms with Crippen molar-refractivity contribution in [3.8, 4) is 16.2 Å². The summed E-state index contributed by atoms with van der Waals surface area (Å²) in [6.45, 7) is 1.57. The van der Waals surface area contributed by atoms with Gasteiger partial charge in [-0.05, 0) is 42.5 Å². The quantitative estimate of drug-likeness (QED) is 0.356. The van der Waals surface area contributed by atoms with Gasteiger partial charge in [0.15, 0.2) is 6.10 Å². The molecule has 1 aromatic carbocycles. The maximum atomic E-state index is 13.0. The highest BCUT2D eigenvalue weighted by atomic mass is 32.1. The van der Waals surface area contributed by atoms with E-state index in [0.717, 1.165) is 21.8 Å². The second-order valence-corrected chi connectivity index (χ2v) is 9.31. The lowest BCUT2D eigenvalue weighted by atomic mass is 10.1. The van der Waals surface area contributed by atoms with Crippen LogP contribution in [-0.2, 0) is 27.3 Å². The number of esters is 1. The number of nitrogens with zero attached hydrogens (tertiary/aromatic N) is 2. The third-order valence-corrected chi connectivity index (χ3v) is 6.99. The molecule has 0 aliphatic rings. The van der Waals surface area contributed by atoms with Crippen molar-refractivity contribution in [3.63, 3.8) is 0 Å². The number of carbonyl (C=O) groups is 2. The van der Waals surface area contributed by atoms with Crippen LogP contribution in [0.5, 0.6) is 5.75 Å². The second kappa shape index (κ2) is 10.6. The van der Waals surface area contributed by atoms with Crippen LogP contribution in [0.4, 0.5) is 0 Å². The van der Waals surface area contributed by atoms with Gasteiger partial charge in [0, 0.05) is 22.4 Å². The fourth-order valence-corrected chi connectivity index (χ4v) is 5.11. The van der Waals surface area contributed by atoms with Crippen molar-refractivity contribution in [3.05, 3.63) is 69.4 Å². The molecule has 34 heavy (non-hydrogen) atoms. The fraction of sp³-hybridized carbons (Fsp3) is 0.250. The van der Waals surface area contributed by atoms with Crippen LogP contribution in [0.1, 0.15) is 12.5 Å². The van der Waals surface area contributed by atoms with Crippen molar-refractivity contribution in [2.75, 3.05) is 13.7 Å². The molecule has 3 heterocycles. The number of thiophene rings is 2. The smallest absolute Gasteiger partial charge is 0.326 e. The Balaban J connectivity index is 1.33. The highest BCUT2D eigenvalue weighted by molar-refractivity contribution is 7.18. The maximum Gasteiger partial charge on any atom is 0.326 e. The average Bonchev–Trinajstić information content (AvgIpc) is 3.51. The van der Waals surface area contributed by atoms with Gasteiger partial charge in [-0.1, -0.05) is 18.2 Å². The molecule has 1 amide bonds. The third-order valence-electron chi connectivity index (χ3n) is 5.20. The predicted molar refractivity (Wildman–Crippen MR) is 132 cm³/mol. The van der Waals surface area contributed by atoms with E-state index in [1.165, 1.54) is 40.5 Å². The molecule has 176 valence electrons. The maximum absolute atomic E-state index is 13.0. The predicted octanol–water partition coefficient (Wildman–Crippen LogP) is 3.49. The third kappa shape index (κ3) is 5.35. The minimum absolute atomic E-state index is 0.316. The van der Waals surface area contributed by atoms with Crippen LogP contribution in [0.3, 0.4) is 0 Å². The van der Waals surface area contributed by atoms with Crippen LogP contribution < -0.4 is 15.6 Å². The molecular weight excluding hydrogens is 474 g/mol. The fourth-order valence-electron chi connectivity index (χ4n) is 3.39.